The molecule has 0 saturated heterocycles. The van der Waals surface area contributed by atoms with Gasteiger partial charge in [-0.15, -0.1) is 0 Å². The second-order valence-corrected chi connectivity index (χ2v) is 2.31. The highest BCUT2D eigenvalue weighted by Gasteiger charge is 2.64. The molecule has 0 radical (unpaired) electrons. The third kappa shape index (κ3) is 0.540. The molecule has 0 amide bonds. The fraction of sp³-hybridized carbons (Fsp3) is 1.00. The predicted molar refractivity (Wildman–Crippen MR) is 26.7 cm³/mol. The van der Waals surface area contributed by atoms with Crippen LogP contribution in [0.2, 0.25) is 0 Å². The van der Waals surface area contributed by atoms with Crippen LogP contribution in [0, 0.1) is 11.8 Å². The summed E-state index contributed by atoms with van der Waals surface area (Å²) in [5.74, 6) is -3.47. The molecule has 2 atom stereocenters. The molecule has 1 fully saturated rings. The molecule has 1 aliphatic rings. The highest BCUT2D eigenvalue weighted by atomic mass is 19.3. The van der Waals surface area contributed by atoms with Gasteiger partial charge in [0.2, 0.25) is 0 Å². The summed E-state index contributed by atoms with van der Waals surface area (Å²) in [7, 11) is 0. The molecular weight excluding hydrogens is 112 g/mol. The van der Waals surface area contributed by atoms with Crippen molar-refractivity contribution in [3.8, 4) is 0 Å². The lowest BCUT2D eigenvalue weighted by atomic mass is 10.3. The predicted octanol–water partition coefficient (Wildman–Crippen LogP) is 0.846. The van der Waals surface area contributed by atoms with Crippen LogP contribution < -0.4 is 5.73 Å². The number of hydrogen-bond donors (Lipinski definition) is 1. The van der Waals surface area contributed by atoms with Crippen molar-refractivity contribution in [2.45, 2.75) is 12.8 Å². The third-order valence-electron chi connectivity index (χ3n) is 1.85. The van der Waals surface area contributed by atoms with Gasteiger partial charge in [0, 0.05) is 18.4 Å². The second-order valence-electron chi connectivity index (χ2n) is 2.31. The average Bonchev–Trinajstić information content (AvgIpc) is 2.09. The zero-order valence-corrected chi connectivity index (χ0v) is 4.70. The van der Waals surface area contributed by atoms with Crippen molar-refractivity contribution < 1.29 is 8.78 Å². The van der Waals surface area contributed by atoms with E-state index in [1.165, 1.54) is 6.92 Å². The molecule has 1 nitrogen and oxygen atoms in total. The van der Waals surface area contributed by atoms with Gasteiger partial charge in [-0.1, -0.05) is 6.92 Å². The maximum Gasteiger partial charge on any atom is 0.255 e. The standard InChI is InChI=1S/C5H9F2N/c1-3-4(2-8)5(3,6)7/h3-4H,2,8H2,1H3/t3-,4+/m0/s1. The van der Waals surface area contributed by atoms with E-state index in [9.17, 15) is 8.78 Å². The molecule has 0 heterocycles. The van der Waals surface area contributed by atoms with Gasteiger partial charge < -0.3 is 5.73 Å². The van der Waals surface area contributed by atoms with Crippen molar-refractivity contribution in [1.29, 1.82) is 0 Å². The maximum absolute atomic E-state index is 12.1. The monoisotopic (exact) mass is 121 g/mol. The first-order valence-electron chi connectivity index (χ1n) is 2.68. The lowest BCUT2D eigenvalue weighted by molar-refractivity contribution is 0.0878. The molecule has 48 valence electrons. The van der Waals surface area contributed by atoms with Gasteiger partial charge in [-0.2, -0.15) is 0 Å². The molecule has 0 unspecified atom stereocenters. The topological polar surface area (TPSA) is 26.0 Å². The van der Waals surface area contributed by atoms with E-state index in [1.54, 1.807) is 0 Å². The number of hydrogen-bond acceptors (Lipinski definition) is 1. The van der Waals surface area contributed by atoms with E-state index >= 15 is 0 Å². The van der Waals surface area contributed by atoms with Gasteiger partial charge in [0.15, 0.2) is 0 Å². The molecule has 0 aromatic rings. The average molecular weight is 121 g/mol. The molecule has 0 aromatic heterocycles. The van der Waals surface area contributed by atoms with Crippen LogP contribution in [0.1, 0.15) is 6.92 Å². The van der Waals surface area contributed by atoms with E-state index in [0.29, 0.717) is 0 Å². The minimum atomic E-state index is -2.45. The Bertz CT molecular complexity index is 103. The van der Waals surface area contributed by atoms with Gasteiger partial charge >= 0.3 is 0 Å². The lowest BCUT2D eigenvalue weighted by Gasteiger charge is -1.87. The van der Waals surface area contributed by atoms with Crippen molar-refractivity contribution >= 4 is 0 Å². The Morgan fingerprint density at radius 1 is 1.62 bits per heavy atom. The summed E-state index contributed by atoms with van der Waals surface area (Å²) in [5.41, 5.74) is 5.02. The zero-order valence-electron chi connectivity index (χ0n) is 4.70. The Labute approximate surface area is 46.9 Å². The molecule has 0 aromatic carbocycles. The van der Waals surface area contributed by atoms with E-state index in [1.807, 2.05) is 0 Å². The molecule has 0 spiro atoms. The quantitative estimate of drug-likeness (QED) is 0.546. The van der Waals surface area contributed by atoms with Gasteiger partial charge in [0.1, 0.15) is 0 Å². The van der Waals surface area contributed by atoms with E-state index in [0.717, 1.165) is 0 Å². The first-order valence-corrected chi connectivity index (χ1v) is 2.68. The molecule has 0 bridgehead atoms. The van der Waals surface area contributed by atoms with E-state index in [-0.39, 0.29) is 6.54 Å². The van der Waals surface area contributed by atoms with Crippen LogP contribution in [-0.2, 0) is 0 Å². The summed E-state index contributed by atoms with van der Waals surface area (Å²) in [6.07, 6.45) is 0. The van der Waals surface area contributed by atoms with Gasteiger partial charge in [-0.25, -0.2) is 8.78 Å². The third-order valence-corrected chi connectivity index (χ3v) is 1.85. The highest BCUT2D eigenvalue weighted by Crippen LogP contribution is 2.53. The summed E-state index contributed by atoms with van der Waals surface area (Å²) < 4.78 is 24.2. The van der Waals surface area contributed by atoms with Crippen molar-refractivity contribution in [2.24, 2.45) is 17.6 Å². The zero-order chi connectivity index (χ0) is 6.36. The summed E-state index contributed by atoms with van der Waals surface area (Å²) in [4.78, 5) is 0. The van der Waals surface area contributed by atoms with Gasteiger partial charge in [0.25, 0.3) is 5.92 Å². The Balaban J connectivity index is 2.45. The van der Waals surface area contributed by atoms with Crippen molar-refractivity contribution in [1.82, 2.24) is 0 Å². The SMILES string of the molecule is C[C@H]1[C@@H](CN)C1(F)F. The summed E-state index contributed by atoms with van der Waals surface area (Å²) in [6, 6.07) is 0. The summed E-state index contributed by atoms with van der Waals surface area (Å²) in [6.45, 7) is 1.64. The summed E-state index contributed by atoms with van der Waals surface area (Å²) >= 11 is 0. The molecule has 2 N–H and O–H groups in total. The van der Waals surface area contributed by atoms with Crippen LogP contribution in [-0.4, -0.2) is 12.5 Å². The van der Waals surface area contributed by atoms with Crippen molar-refractivity contribution in [3.05, 3.63) is 0 Å². The highest BCUT2D eigenvalue weighted by molar-refractivity contribution is 5.02. The molecule has 8 heavy (non-hydrogen) atoms. The largest absolute Gasteiger partial charge is 0.330 e. The van der Waals surface area contributed by atoms with E-state index < -0.39 is 17.8 Å². The van der Waals surface area contributed by atoms with Crippen LogP contribution in [0.3, 0.4) is 0 Å². The molecule has 1 saturated carbocycles. The van der Waals surface area contributed by atoms with Gasteiger partial charge in [-0.3, -0.25) is 0 Å². The second kappa shape index (κ2) is 1.41. The minimum absolute atomic E-state index is 0.119. The van der Waals surface area contributed by atoms with Crippen LogP contribution in [0.25, 0.3) is 0 Å². The lowest BCUT2D eigenvalue weighted by Crippen LogP contribution is -2.06. The van der Waals surface area contributed by atoms with E-state index in [2.05, 4.69) is 0 Å². The van der Waals surface area contributed by atoms with E-state index in [4.69, 9.17) is 5.73 Å². The minimum Gasteiger partial charge on any atom is -0.330 e. The molecular formula is C5H9F2N. The number of nitrogens with two attached hydrogens (primary N) is 1. The van der Waals surface area contributed by atoms with Crippen molar-refractivity contribution in [3.63, 3.8) is 0 Å². The Morgan fingerprint density at radius 2 is 2.00 bits per heavy atom. The fourth-order valence-corrected chi connectivity index (χ4v) is 0.921. The number of alkyl halides is 2. The van der Waals surface area contributed by atoms with Crippen molar-refractivity contribution in [2.75, 3.05) is 6.54 Å². The van der Waals surface area contributed by atoms with Crippen LogP contribution >= 0.6 is 0 Å². The van der Waals surface area contributed by atoms with Gasteiger partial charge in [-0.05, 0) is 0 Å². The fourth-order valence-electron chi connectivity index (χ4n) is 0.921. The summed E-state index contributed by atoms with van der Waals surface area (Å²) in [5, 5.41) is 0. The molecule has 1 aliphatic carbocycles. The Kier molecular flexibility index (Phi) is 1.05. The number of rotatable bonds is 1. The van der Waals surface area contributed by atoms with Gasteiger partial charge in [0.05, 0.1) is 0 Å². The molecule has 0 aliphatic heterocycles. The van der Waals surface area contributed by atoms with Crippen LogP contribution in [0.4, 0.5) is 8.78 Å². The Morgan fingerprint density at radius 3 is 2.00 bits per heavy atom. The normalized spacial score (nSPS) is 42.0. The smallest absolute Gasteiger partial charge is 0.255 e. The maximum atomic E-state index is 12.1. The van der Waals surface area contributed by atoms with Crippen LogP contribution in [0.5, 0.6) is 0 Å². The number of halogens is 2. The molecule has 1 rings (SSSR count). The molecule has 3 heteroatoms. The van der Waals surface area contributed by atoms with Crippen LogP contribution in [0.15, 0.2) is 0 Å². The Hall–Kier alpha value is -0.180. The first kappa shape index (κ1) is 5.95. The first-order chi connectivity index (χ1) is 3.60.